The molecule has 6 heteroatoms. The maximum absolute atomic E-state index is 11.5. The van der Waals surface area contributed by atoms with E-state index in [-0.39, 0.29) is 4.90 Å². The van der Waals surface area contributed by atoms with Gasteiger partial charge in [-0.1, -0.05) is 12.1 Å². The highest BCUT2D eigenvalue weighted by Crippen LogP contribution is 2.20. The first-order valence-electron chi connectivity index (χ1n) is 8.11. The lowest BCUT2D eigenvalue weighted by Gasteiger charge is -2.32. The fraction of sp³-hybridized carbons (Fsp3) is 0.647. The van der Waals surface area contributed by atoms with Crippen molar-refractivity contribution in [3.63, 3.8) is 0 Å². The second-order valence-corrected chi connectivity index (χ2v) is 8.84. The minimum Gasteiger partial charge on any atom is -0.387 e. The molecule has 1 saturated heterocycles. The quantitative estimate of drug-likeness (QED) is 0.848. The van der Waals surface area contributed by atoms with Crippen LogP contribution in [0.4, 0.5) is 0 Å². The Balaban J connectivity index is 1.87. The average Bonchev–Trinajstić information content (AvgIpc) is 2.49. The van der Waals surface area contributed by atoms with Gasteiger partial charge < -0.3 is 14.9 Å². The van der Waals surface area contributed by atoms with Gasteiger partial charge in [0.05, 0.1) is 11.0 Å². The zero-order chi connectivity index (χ0) is 17.0. The van der Waals surface area contributed by atoms with Crippen LogP contribution in [0.5, 0.6) is 0 Å². The van der Waals surface area contributed by atoms with Gasteiger partial charge in [-0.3, -0.25) is 0 Å². The zero-order valence-corrected chi connectivity index (χ0v) is 15.1. The summed E-state index contributed by atoms with van der Waals surface area (Å²) in [5.41, 5.74) is 0.757. The molecule has 1 heterocycles. The molecule has 1 atom stereocenters. The maximum Gasteiger partial charge on any atom is 0.175 e. The molecule has 0 amide bonds. The number of benzene rings is 1. The Morgan fingerprint density at radius 3 is 2.35 bits per heavy atom. The zero-order valence-electron chi connectivity index (χ0n) is 14.3. The van der Waals surface area contributed by atoms with Crippen LogP contribution in [0.15, 0.2) is 29.2 Å². The third-order valence-electron chi connectivity index (χ3n) is 4.59. The molecule has 0 bridgehead atoms. The monoisotopic (exact) mass is 340 g/mol. The molecule has 0 radical (unpaired) electrons. The van der Waals surface area contributed by atoms with Gasteiger partial charge in [0.15, 0.2) is 9.84 Å². The van der Waals surface area contributed by atoms with Crippen molar-refractivity contribution in [1.29, 1.82) is 0 Å². The summed E-state index contributed by atoms with van der Waals surface area (Å²) in [7, 11) is 1.00. The van der Waals surface area contributed by atoms with Gasteiger partial charge in [-0.2, -0.15) is 0 Å². The molecule has 0 spiro atoms. The van der Waals surface area contributed by atoms with E-state index in [0.717, 1.165) is 25.2 Å². The molecular formula is C17H28N2O3S. The summed E-state index contributed by atoms with van der Waals surface area (Å²) >= 11 is 0. The molecule has 5 nitrogen and oxygen atoms in total. The van der Waals surface area contributed by atoms with Crippen molar-refractivity contribution < 1.29 is 13.5 Å². The molecule has 1 unspecified atom stereocenters. The van der Waals surface area contributed by atoms with Crippen LogP contribution in [0, 0.1) is 5.92 Å². The smallest absolute Gasteiger partial charge is 0.175 e. The van der Waals surface area contributed by atoms with E-state index >= 15 is 0 Å². The van der Waals surface area contributed by atoms with Crippen LogP contribution in [0.1, 0.15) is 24.5 Å². The Hall–Kier alpha value is -0.950. The normalized spacial score (nSPS) is 19.2. The van der Waals surface area contributed by atoms with Crippen molar-refractivity contribution in [3.8, 4) is 0 Å². The van der Waals surface area contributed by atoms with E-state index < -0.39 is 15.9 Å². The van der Waals surface area contributed by atoms with Crippen LogP contribution < -0.4 is 0 Å². The van der Waals surface area contributed by atoms with Gasteiger partial charge >= 0.3 is 0 Å². The Morgan fingerprint density at radius 1 is 1.26 bits per heavy atom. The number of rotatable bonds is 6. The molecule has 0 aromatic heterocycles. The highest BCUT2D eigenvalue weighted by atomic mass is 32.2. The molecule has 2 rings (SSSR count). The molecule has 130 valence electrons. The van der Waals surface area contributed by atoms with Crippen LogP contribution in [-0.2, 0) is 9.84 Å². The number of nitrogens with zero attached hydrogens (tertiary/aromatic N) is 2. The van der Waals surface area contributed by atoms with Crippen molar-refractivity contribution in [3.05, 3.63) is 29.8 Å². The van der Waals surface area contributed by atoms with E-state index in [1.807, 2.05) is 7.05 Å². The Bertz CT molecular complexity index is 593. The van der Waals surface area contributed by atoms with E-state index in [4.69, 9.17) is 0 Å². The third kappa shape index (κ3) is 5.57. The predicted octanol–water partition coefficient (Wildman–Crippen LogP) is 1.40. The maximum atomic E-state index is 11.5. The standard InChI is InChI=1S/C17H28N2O3S/c1-18-10-8-14(9-11-18)12-19(2)13-17(20)15-4-6-16(7-5-15)23(3,21)22/h4-7,14,17,20H,8-13H2,1-3H3. The number of piperidine rings is 1. The topological polar surface area (TPSA) is 60.9 Å². The van der Waals surface area contributed by atoms with Crippen LogP contribution in [0.2, 0.25) is 0 Å². The summed E-state index contributed by atoms with van der Waals surface area (Å²) < 4.78 is 22.9. The van der Waals surface area contributed by atoms with Gasteiger partial charge in [0.2, 0.25) is 0 Å². The van der Waals surface area contributed by atoms with Crippen molar-refractivity contribution in [2.24, 2.45) is 5.92 Å². The summed E-state index contributed by atoms with van der Waals surface area (Å²) in [6, 6.07) is 6.52. The molecule has 1 fully saturated rings. The number of likely N-dealkylation sites (N-methyl/N-ethyl adjacent to an activating group) is 1. The van der Waals surface area contributed by atoms with Gasteiger partial charge in [-0.05, 0) is 63.6 Å². The van der Waals surface area contributed by atoms with Crippen molar-refractivity contribution in [2.45, 2.75) is 23.8 Å². The molecule has 23 heavy (non-hydrogen) atoms. The van der Waals surface area contributed by atoms with E-state index in [0.29, 0.717) is 12.5 Å². The minimum absolute atomic E-state index is 0.285. The first-order chi connectivity index (χ1) is 10.8. The first-order valence-corrected chi connectivity index (χ1v) is 10.00. The largest absolute Gasteiger partial charge is 0.387 e. The predicted molar refractivity (Wildman–Crippen MR) is 92.2 cm³/mol. The van der Waals surface area contributed by atoms with Crippen LogP contribution in [0.25, 0.3) is 0 Å². The number of likely N-dealkylation sites (tertiary alicyclic amines) is 1. The third-order valence-corrected chi connectivity index (χ3v) is 5.71. The van der Waals surface area contributed by atoms with Crippen molar-refractivity contribution in [2.75, 3.05) is 46.5 Å². The van der Waals surface area contributed by atoms with Gasteiger partial charge in [0, 0.05) is 19.3 Å². The van der Waals surface area contributed by atoms with Gasteiger partial charge in [-0.25, -0.2) is 8.42 Å². The van der Waals surface area contributed by atoms with Crippen LogP contribution >= 0.6 is 0 Å². The molecule has 1 N–H and O–H groups in total. The van der Waals surface area contributed by atoms with Crippen LogP contribution in [-0.4, -0.2) is 69.9 Å². The minimum atomic E-state index is -3.19. The SMILES string of the molecule is CN1CCC(CN(C)CC(O)c2ccc(S(C)(=O)=O)cc2)CC1. The number of hydrogen-bond acceptors (Lipinski definition) is 5. The van der Waals surface area contributed by atoms with Crippen molar-refractivity contribution >= 4 is 9.84 Å². The fourth-order valence-electron chi connectivity index (χ4n) is 3.10. The number of aliphatic hydroxyl groups excluding tert-OH is 1. The Labute approximate surface area is 139 Å². The van der Waals surface area contributed by atoms with E-state index in [2.05, 4.69) is 16.8 Å². The molecule has 1 aromatic carbocycles. The molecule has 0 saturated carbocycles. The summed E-state index contributed by atoms with van der Waals surface area (Å²) in [4.78, 5) is 4.81. The number of aliphatic hydroxyl groups is 1. The summed E-state index contributed by atoms with van der Waals surface area (Å²) in [6.45, 7) is 3.85. The number of sulfone groups is 1. The highest BCUT2D eigenvalue weighted by Gasteiger charge is 2.20. The van der Waals surface area contributed by atoms with Gasteiger partial charge in [0.1, 0.15) is 0 Å². The first kappa shape index (κ1) is 18.4. The van der Waals surface area contributed by atoms with E-state index in [1.165, 1.54) is 19.1 Å². The fourth-order valence-corrected chi connectivity index (χ4v) is 3.73. The molecular weight excluding hydrogens is 312 g/mol. The van der Waals surface area contributed by atoms with Crippen molar-refractivity contribution in [1.82, 2.24) is 9.80 Å². The summed E-state index contributed by atoms with van der Waals surface area (Å²) in [5.74, 6) is 0.691. The Kier molecular flexibility index (Phi) is 6.19. The lowest BCUT2D eigenvalue weighted by molar-refractivity contribution is 0.106. The summed E-state index contributed by atoms with van der Waals surface area (Å²) in [6.07, 6.45) is 3.01. The summed E-state index contributed by atoms with van der Waals surface area (Å²) in [5, 5.41) is 10.4. The molecule has 1 aromatic rings. The van der Waals surface area contributed by atoms with Gasteiger partial charge in [-0.15, -0.1) is 0 Å². The van der Waals surface area contributed by atoms with E-state index in [1.54, 1.807) is 24.3 Å². The lowest BCUT2D eigenvalue weighted by atomic mass is 9.96. The Morgan fingerprint density at radius 2 is 1.83 bits per heavy atom. The second-order valence-electron chi connectivity index (χ2n) is 6.82. The van der Waals surface area contributed by atoms with Gasteiger partial charge in [0.25, 0.3) is 0 Å². The second kappa shape index (κ2) is 7.75. The average molecular weight is 340 g/mol. The highest BCUT2D eigenvalue weighted by molar-refractivity contribution is 7.90. The number of hydrogen-bond donors (Lipinski definition) is 1. The molecule has 0 aliphatic carbocycles. The molecule has 1 aliphatic heterocycles. The molecule has 1 aliphatic rings. The van der Waals surface area contributed by atoms with E-state index in [9.17, 15) is 13.5 Å². The lowest BCUT2D eigenvalue weighted by Crippen LogP contribution is -2.37. The van der Waals surface area contributed by atoms with Crippen LogP contribution in [0.3, 0.4) is 0 Å².